The molecule has 0 saturated heterocycles. The van der Waals surface area contributed by atoms with Crippen LogP contribution in [0.5, 0.6) is 11.5 Å². The van der Waals surface area contributed by atoms with E-state index in [2.05, 4.69) is 5.32 Å². The standard InChI is InChI=1S/C23H21N3O3/c1-3-29-22-10-6-18(7-11-22)25-23(27)17(16-24)15-20-5-4-14-26(20)19-8-12-21(28-2)13-9-19/h4-15H,3H2,1-2H3,(H,25,27)/b17-15-. The van der Waals surface area contributed by atoms with E-state index < -0.39 is 5.91 Å². The molecule has 3 rings (SSSR count). The Balaban J connectivity index is 1.80. The van der Waals surface area contributed by atoms with Gasteiger partial charge in [-0.15, -0.1) is 0 Å². The van der Waals surface area contributed by atoms with E-state index in [1.807, 2.05) is 60.2 Å². The van der Waals surface area contributed by atoms with Gasteiger partial charge in [-0.1, -0.05) is 0 Å². The van der Waals surface area contributed by atoms with E-state index in [-0.39, 0.29) is 5.57 Å². The van der Waals surface area contributed by atoms with Gasteiger partial charge in [0.25, 0.3) is 5.91 Å². The highest BCUT2D eigenvalue weighted by atomic mass is 16.5. The van der Waals surface area contributed by atoms with Crippen molar-refractivity contribution >= 4 is 17.7 Å². The minimum Gasteiger partial charge on any atom is -0.497 e. The molecule has 29 heavy (non-hydrogen) atoms. The van der Waals surface area contributed by atoms with Crippen molar-refractivity contribution in [1.29, 1.82) is 5.26 Å². The molecule has 146 valence electrons. The predicted octanol–water partition coefficient (Wildman–Crippen LogP) is 4.43. The molecule has 1 aromatic heterocycles. The van der Waals surface area contributed by atoms with Gasteiger partial charge in [0, 0.05) is 23.3 Å². The molecule has 0 bridgehead atoms. The number of nitrogens with one attached hydrogen (secondary N) is 1. The lowest BCUT2D eigenvalue weighted by Gasteiger charge is -2.09. The third-order valence-corrected chi connectivity index (χ3v) is 4.21. The highest BCUT2D eigenvalue weighted by Gasteiger charge is 2.11. The molecule has 3 aromatic rings. The Morgan fingerprint density at radius 3 is 2.41 bits per heavy atom. The maximum absolute atomic E-state index is 12.6. The second kappa shape index (κ2) is 9.29. The fraction of sp³-hybridized carbons (Fsp3) is 0.130. The van der Waals surface area contributed by atoms with E-state index in [1.165, 1.54) is 0 Å². The Morgan fingerprint density at radius 1 is 1.10 bits per heavy atom. The summed E-state index contributed by atoms with van der Waals surface area (Å²) in [5.74, 6) is 1.00. The van der Waals surface area contributed by atoms with E-state index in [4.69, 9.17) is 9.47 Å². The summed E-state index contributed by atoms with van der Waals surface area (Å²) in [7, 11) is 1.61. The number of rotatable bonds is 7. The first-order chi connectivity index (χ1) is 14.1. The first kappa shape index (κ1) is 19.8. The lowest BCUT2D eigenvalue weighted by atomic mass is 10.2. The van der Waals surface area contributed by atoms with E-state index in [0.717, 1.165) is 17.2 Å². The molecule has 6 heteroatoms. The van der Waals surface area contributed by atoms with E-state index >= 15 is 0 Å². The number of amides is 1. The van der Waals surface area contributed by atoms with Crippen LogP contribution in [-0.4, -0.2) is 24.2 Å². The van der Waals surface area contributed by atoms with E-state index in [1.54, 1.807) is 37.5 Å². The molecule has 0 aliphatic carbocycles. The van der Waals surface area contributed by atoms with Gasteiger partial charge in [-0.25, -0.2) is 0 Å². The van der Waals surface area contributed by atoms with Crippen LogP contribution < -0.4 is 14.8 Å². The SMILES string of the molecule is CCOc1ccc(NC(=O)/C(C#N)=C\c2cccn2-c2ccc(OC)cc2)cc1. The molecule has 0 radical (unpaired) electrons. The number of carbonyl (C=O) groups excluding carboxylic acids is 1. The van der Waals surface area contributed by atoms with Crippen LogP contribution in [0.4, 0.5) is 5.69 Å². The molecule has 6 nitrogen and oxygen atoms in total. The zero-order valence-electron chi connectivity index (χ0n) is 16.3. The summed E-state index contributed by atoms with van der Waals surface area (Å²) >= 11 is 0. The number of carbonyl (C=O) groups is 1. The Bertz CT molecular complexity index is 1040. The second-order valence-corrected chi connectivity index (χ2v) is 6.08. The van der Waals surface area contributed by atoms with Crippen LogP contribution in [0.15, 0.2) is 72.4 Å². The monoisotopic (exact) mass is 387 g/mol. The van der Waals surface area contributed by atoms with Gasteiger partial charge in [-0.05, 0) is 73.7 Å². The Kier molecular flexibility index (Phi) is 6.33. The summed E-state index contributed by atoms with van der Waals surface area (Å²) < 4.78 is 12.5. The number of aromatic nitrogens is 1. The highest BCUT2D eigenvalue weighted by molar-refractivity contribution is 6.09. The Morgan fingerprint density at radius 2 is 1.79 bits per heavy atom. The molecular formula is C23H21N3O3. The lowest BCUT2D eigenvalue weighted by molar-refractivity contribution is -0.112. The van der Waals surface area contributed by atoms with Crippen LogP contribution in [0, 0.1) is 11.3 Å². The summed E-state index contributed by atoms with van der Waals surface area (Å²) in [6, 6.07) is 20.2. The first-order valence-corrected chi connectivity index (χ1v) is 9.12. The largest absolute Gasteiger partial charge is 0.497 e. The van der Waals surface area contributed by atoms with Crippen molar-refractivity contribution in [3.05, 3.63) is 78.1 Å². The van der Waals surface area contributed by atoms with E-state index in [9.17, 15) is 10.1 Å². The van der Waals surface area contributed by atoms with E-state index in [0.29, 0.717) is 18.0 Å². The fourth-order valence-corrected chi connectivity index (χ4v) is 2.79. The molecule has 1 heterocycles. The normalized spacial score (nSPS) is 10.9. The molecule has 0 aliphatic heterocycles. The molecule has 0 atom stereocenters. The third kappa shape index (κ3) is 4.85. The summed E-state index contributed by atoms with van der Waals surface area (Å²) in [5, 5.41) is 12.2. The molecule has 1 amide bonds. The van der Waals surface area contributed by atoms with Crippen LogP contribution in [0.3, 0.4) is 0 Å². The van der Waals surface area contributed by atoms with Crippen molar-refractivity contribution in [2.24, 2.45) is 0 Å². The van der Waals surface area contributed by atoms with Gasteiger partial charge < -0.3 is 19.4 Å². The molecule has 0 spiro atoms. The van der Waals surface area contributed by atoms with Gasteiger partial charge in [0.05, 0.1) is 13.7 Å². The smallest absolute Gasteiger partial charge is 0.266 e. The molecule has 0 fully saturated rings. The minimum absolute atomic E-state index is 0.00680. The average Bonchev–Trinajstić information content (AvgIpc) is 3.21. The zero-order chi connectivity index (χ0) is 20.6. The number of methoxy groups -OCH3 is 1. The number of hydrogen-bond donors (Lipinski definition) is 1. The Hall–Kier alpha value is -3.98. The van der Waals surface area contributed by atoms with Crippen molar-refractivity contribution in [3.63, 3.8) is 0 Å². The number of anilines is 1. The molecule has 1 N–H and O–H groups in total. The van der Waals surface area contributed by atoms with Crippen molar-refractivity contribution in [2.75, 3.05) is 19.0 Å². The van der Waals surface area contributed by atoms with Crippen LogP contribution in [0.1, 0.15) is 12.6 Å². The maximum Gasteiger partial charge on any atom is 0.266 e. The number of nitriles is 1. The minimum atomic E-state index is -0.473. The molecule has 0 unspecified atom stereocenters. The molecule has 0 aliphatic rings. The van der Waals surface area contributed by atoms with Crippen molar-refractivity contribution in [1.82, 2.24) is 4.57 Å². The summed E-state index contributed by atoms with van der Waals surface area (Å²) in [6.07, 6.45) is 3.43. The van der Waals surface area contributed by atoms with Crippen LogP contribution in [0.25, 0.3) is 11.8 Å². The quantitative estimate of drug-likeness (QED) is 0.481. The number of ether oxygens (including phenoxy) is 2. The molecule has 0 saturated carbocycles. The highest BCUT2D eigenvalue weighted by Crippen LogP contribution is 2.20. The van der Waals surface area contributed by atoms with Crippen LogP contribution in [0.2, 0.25) is 0 Å². The zero-order valence-corrected chi connectivity index (χ0v) is 16.3. The first-order valence-electron chi connectivity index (χ1n) is 9.12. The van der Waals surface area contributed by atoms with Gasteiger partial charge in [0.1, 0.15) is 23.1 Å². The number of benzene rings is 2. The van der Waals surface area contributed by atoms with Crippen molar-refractivity contribution in [3.8, 4) is 23.3 Å². The summed E-state index contributed by atoms with van der Waals surface area (Å²) in [4.78, 5) is 12.6. The predicted molar refractivity (Wildman–Crippen MR) is 112 cm³/mol. The Labute approximate surface area is 169 Å². The van der Waals surface area contributed by atoms with Gasteiger partial charge in [-0.2, -0.15) is 5.26 Å². The van der Waals surface area contributed by atoms with Crippen molar-refractivity contribution in [2.45, 2.75) is 6.92 Å². The average molecular weight is 387 g/mol. The maximum atomic E-state index is 12.6. The molecule has 2 aromatic carbocycles. The van der Waals surface area contributed by atoms with Gasteiger partial charge in [-0.3, -0.25) is 4.79 Å². The summed E-state index contributed by atoms with van der Waals surface area (Å²) in [5.41, 5.74) is 2.21. The molecular weight excluding hydrogens is 366 g/mol. The van der Waals surface area contributed by atoms with Gasteiger partial charge >= 0.3 is 0 Å². The third-order valence-electron chi connectivity index (χ3n) is 4.21. The van der Waals surface area contributed by atoms with Gasteiger partial charge in [0.15, 0.2) is 0 Å². The van der Waals surface area contributed by atoms with Crippen LogP contribution in [-0.2, 0) is 4.79 Å². The van der Waals surface area contributed by atoms with Crippen LogP contribution >= 0.6 is 0 Å². The lowest BCUT2D eigenvalue weighted by Crippen LogP contribution is -2.13. The second-order valence-electron chi connectivity index (χ2n) is 6.08. The topological polar surface area (TPSA) is 76.3 Å². The van der Waals surface area contributed by atoms with Gasteiger partial charge in [0.2, 0.25) is 0 Å². The number of nitrogens with zero attached hydrogens (tertiary/aromatic N) is 2. The summed E-state index contributed by atoms with van der Waals surface area (Å²) in [6.45, 7) is 2.47. The fourth-order valence-electron chi connectivity index (χ4n) is 2.79. The van der Waals surface area contributed by atoms with Crippen molar-refractivity contribution < 1.29 is 14.3 Å². The number of hydrogen-bond acceptors (Lipinski definition) is 4.